The van der Waals surface area contributed by atoms with Crippen LogP contribution in [0.25, 0.3) is 0 Å². The molecule has 0 unspecified atom stereocenters. The minimum atomic E-state index is -3.70. The van der Waals surface area contributed by atoms with E-state index in [2.05, 4.69) is 0 Å². The average Bonchev–Trinajstić information content (AvgIpc) is 2.46. The van der Waals surface area contributed by atoms with Gasteiger partial charge in [0.15, 0.2) is 0 Å². The smallest absolute Gasteiger partial charge is 0.337 e. The van der Waals surface area contributed by atoms with Crippen molar-refractivity contribution in [3.05, 3.63) is 28.8 Å². The Labute approximate surface area is 128 Å². The minimum absolute atomic E-state index is 0.00788. The molecule has 0 spiro atoms. The van der Waals surface area contributed by atoms with Crippen LogP contribution in [0.2, 0.25) is 5.02 Å². The minimum Gasteiger partial charge on any atom is -0.478 e. The van der Waals surface area contributed by atoms with E-state index < -0.39 is 16.0 Å². The second-order valence-electron chi connectivity index (χ2n) is 4.81. The summed E-state index contributed by atoms with van der Waals surface area (Å²) in [6.45, 7) is 1.06. The van der Waals surface area contributed by atoms with Gasteiger partial charge in [-0.15, -0.1) is 0 Å². The predicted octanol–water partition coefficient (Wildman–Crippen LogP) is 1.84. The third kappa shape index (κ3) is 3.37. The number of nitrogens with zero attached hydrogens (tertiary/aromatic N) is 1. The zero-order valence-corrected chi connectivity index (χ0v) is 13.0. The Morgan fingerprint density at radius 3 is 2.52 bits per heavy atom. The lowest BCUT2D eigenvalue weighted by Gasteiger charge is -2.30. The number of rotatable bonds is 4. The summed E-state index contributed by atoms with van der Waals surface area (Å²) in [4.78, 5) is 10.9. The van der Waals surface area contributed by atoms with Crippen molar-refractivity contribution in [1.82, 2.24) is 4.31 Å². The molecule has 116 valence electrons. The summed E-state index contributed by atoms with van der Waals surface area (Å²) >= 11 is 5.84. The summed E-state index contributed by atoms with van der Waals surface area (Å²) in [5.74, 6) is -1.19. The van der Waals surface area contributed by atoms with E-state index in [1.807, 2.05) is 0 Å². The fourth-order valence-electron chi connectivity index (χ4n) is 2.24. The number of halogens is 1. The van der Waals surface area contributed by atoms with Gasteiger partial charge in [-0.2, -0.15) is 4.31 Å². The molecule has 21 heavy (non-hydrogen) atoms. The van der Waals surface area contributed by atoms with Gasteiger partial charge in [0.2, 0.25) is 10.0 Å². The van der Waals surface area contributed by atoms with Crippen LogP contribution in [0.5, 0.6) is 0 Å². The molecule has 8 heteroatoms. The molecule has 2 rings (SSSR count). The summed E-state index contributed by atoms with van der Waals surface area (Å²) in [5.41, 5.74) is -0.121. The van der Waals surface area contributed by atoms with E-state index >= 15 is 0 Å². The number of aromatic carboxylic acids is 1. The molecule has 1 aromatic carbocycles. The van der Waals surface area contributed by atoms with Crippen LogP contribution in [0.4, 0.5) is 0 Å². The van der Waals surface area contributed by atoms with Crippen molar-refractivity contribution in [1.29, 1.82) is 0 Å². The molecule has 1 fully saturated rings. The molecule has 1 aliphatic rings. The Morgan fingerprint density at radius 1 is 1.38 bits per heavy atom. The molecule has 1 saturated heterocycles. The van der Waals surface area contributed by atoms with Crippen LogP contribution in [-0.4, -0.2) is 50.1 Å². The Balaban J connectivity index is 2.30. The maximum atomic E-state index is 12.5. The number of benzene rings is 1. The third-order valence-corrected chi connectivity index (χ3v) is 5.77. The first-order valence-corrected chi connectivity index (χ1v) is 8.24. The molecule has 0 aliphatic carbocycles. The zero-order valence-electron chi connectivity index (χ0n) is 11.5. The number of hydrogen-bond acceptors (Lipinski definition) is 4. The molecule has 0 radical (unpaired) electrons. The van der Waals surface area contributed by atoms with Crippen molar-refractivity contribution in [2.45, 2.75) is 23.8 Å². The summed E-state index contributed by atoms with van der Waals surface area (Å²) in [7, 11) is -2.18. The second-order valence-corrected chi connectivity index (χ2v) is 7.22. The molecular formula is C13H16ClNO5S. The number of carboxylic acids is 1. The zero-order chi connectivity index (χ0) is 15.6. The maximum Gasteiger partial charge on any atom is 0.337 e. The first-order valence-electron chi connectivity index (χ1n) is 6.42. The first kappa shape index (κ1) is 16.2. The Morgan fingerprint density at radius 2 is 2.00 bits per heavy atom. The summed E-state index contributed by atoms with van der Waals surface area (Å²) < 4.78 is 31.6. The first-order chi connectivity index (χ1) is 9.84. The normalized spacial score (nSPS) is 17.1. The second kappa shape index (κ2) is 6.31. The molecule has 0 atom stereocenters. The summed E-state index contributed by atoms with van der Waals surface area (Å²) in [5, 5.41) is 8.82. The Kier molecular flexibility index (Phi) is 4.88. The highest BCUT2D eigenvalue weighted by molar-refractivity contribution is 7.89. The van der Waals surface area contributed by atoms with E-state index in [1.165, 1.54) is 29.6 Å². The van der Waals surface area contributed by atoms with Crippen molar-refractivity contribution in [3.8, 4) is 0 Å². The third-order valence-electron chi connectivity index (χ3n) is 3.55. The molecule has 0 amide bonds. The lowest BCUT2D eigenvalue weighted by molar-refractivity contribution is 0.0631. The molecule has 1 N–H and O–H groups in total. The van der Waals surface area contributed by atoms with E-state index in [9.17, 15) is 13.2 Å². The van der Waals surface area contributed by atoms with Crippen LogP contribution in [0.3, 0.4) is 0 Å². The van der Waals surface area contributed by atoms with Gasteiger partial charge in [-0.3, -0.25) is 0 Å². The van der Waals surface area contributed by atoms with Gasteiger partial charge in [0.25, 0.3) is 0 Å². The van der Waals surface area contributed by atoms with E-state index in [0.29, 0.717) is 26.1 Å². The van der Waals surface area contributed by atoms with Gasteiger partial charge in [-0.05, 0) is 31.0 Å². The fraction of sp³-hybridized carbons (Fsp3) is 0.462. The van der Waals surface area contributed by atoms with E-state index in [-0.39, 0.29) is 21.5 Å². The van der Waals surface area contributed by atoms with Crippen LogP contribution < -0.4 is 0 Å². The predicted molar refractivity (Wildman–Crippen MR) is 77.2 cm³/mol. The average molecular weight is 334 g/mol. The number of carboxylic acid groups (broad SMARTS) is 1. The maximum absolute atomic E-state index is 12.5. The standard InChI is InChI=1S/C13H16ClNO5S/c1-15(9-4-6-20-7-5-9)21(18,19)10-2-3-11(13(16)17)12(14)8-10/h2-3,8-9H,4-7H2,1H3,(H,16,17). The Bertz CT molecular complexity index is 640. The molecular weight excluding hydrogens is 318 g/mol. The number of carbonyl (C=O) groups is 1. The van der Waals surface area contributed by atoms with Gasteiger partial charge in [0.1, 0.15) is 0 Å². The van der Waals surface area contributed by atoms with Crippen LogP contribution >= 0.6 is 11.6 Å². The SMILES string of the molecule is CN(C1CCOCC1)S(=O)(=O)c1ccc(C(=O)O)c(Cl)c1. The lowest BCUT2D eigenvalue weighted by atomic mass is 10.1. The molecule has 0 aromatic heterocycles. The molecule has 6 nitrogen and oxygen atoms in total. The summed E-state index contributed by atoms with van der Waals surface area (Å²) in [6.07, 6.45) is 1.27. The van der Waals surface area contributed by atoms with Crippen molar-refractivity contribution < 1.29 is 23.1 Å². The quantitative estimate of drug-likeness (QED) is 0.908. The Hall–Kier alpha value is -1.15. The van der Waals surface area contributed by atoms with Gasteiger partial charge < -0.3 is 9.84 Å². The van der Waals surface area contributed by atoms with Gasteiger partial charge in [-0.25, -0.2) is 13.2 Å². The highest BCUT2D eigenvalue weighted by Gasteiger charge is 2.30. The molecule has 1 heterocycles. The number of ether oxygens (including phenoxy) is 1. The van der Waals surface area contributed by atoms with Crippen LogP contribution in [0.15, 0.2) is 23.1 Å². The van der Waals surface area contributed by atoms with E-state index in [1.54, 1.807) is 0 Å². The monoisotopic (exact) mass is 333 g/mol. The van der Waals surface area contributed by atoms with Crippen LogP contribution in [0, 0.1) is 0 Å². The van der Waals surface area contributed by atoms with Crippen molar-refractivity contribution >= 4 is 27.6 Å². The van der Waals surface area contributed by atoms with Gasteiger partial charge >= 0.3 is 5.97 Å². The van der Waals surface area contributed by atoms with E-state index in [0.717, 1.165) is 0 Å². The summed E-state index contributed by atoms with van der Waals surface area (Å²) in [6, 6.07) is 3.52. The molecule has 1 aliphatic heterocycles. The molecule has 1 aromatic rings. The highest BCUT2D eigenvalue weighted by Crippen LogP contribution is 2.25. The topological polar surface area (TPSA) is 83.9 Å². The van der Waals surface area contributed by atoms with Crippen molar-refractivity contribution in [3.63, 3.8) is 0 Å². The van der Waals surface area contributed by atoms with Crippen LogP contribution in [-0.2, 0) is 14.8 Å². The van der Waals surface area contributed by atoms with Gasteiger partial charge in [-0.1, -0.05) is 11.6 Å². The van der Waals surface area contributed by atoms with Crippen LogP contribution in [0.1, 0.15) is 23.2 Å². The van der Waals surface area contributed by atoms with Gasteiger partial charge in [0.05, 0.1) is 15.5 Å². The largest absolute Gasteiger partial charge is 0.478 e. The fourth-order valence-corrected chi connectivity index (χ4v) is 4.01. The van der Waals surface area contributed by atoms with Gasteiger partial charge in [0, 0.05) is 26.3 Å². The highest BCUT2D eigenvalue weighted by atomic mass is 35.5. The van der Waals surface area contributed by atoms with Crippen molar-refractivity contribution in [2.24, 2.45) is 0 Å². The van der Waals surface area contributed by atoms with Crippen molar-refractivity contribution in [2.75, 3.05) is 20.3 Å². The number of hydrogen-bond donors (Lipinski definition) is 1. The number of sulfonamides is 1. The molecule has 0 saturated carbocycles. The van der Waals surface area contributed by atoms with E-state index in [4.69, 9.17) is 21.4 Å². The molecule has 0 bridgehead atoms. The lowest BCUT2D eigenvalue weighted by Crippen LogP contribution is -2.40.